The number of hydrogen-bond acceptors (Lipinski definition) is 7. The van der Waals surface area contributed by atoms with E-state index in [1.54, 1.807) is 11.3 Å². The second-order valence-electron chi connectivity index (χ2n) is 2.72. The lowest BCUT2D eigenvalue weighted by Crippen LogP contribution is -2.29. The molecule has 2 heterocycles. The molecule has 0 fully saturated rings. The normalized spacial score (nSPS) is 12.9. The van der Waals surface area contributed by atoms with E-state index in [-0.39, 0.29) is 6.04 Å². The van der Waals surface area contributed by atoms with Crippen molar-refractivity contribution in [3.8, 4) is 0 Å². The average Bonchev–Trinajstić information content (AvgIpc) is 2.86. The minimum atomic E-state index is 0.0224. The van der Waals surface area contributed by atoms with Gasteiger partial charge in [-0.2, -0.15) is 0 Å². The van der Waals surface area contributed by atoms with E-state index >= 15 is 0 Å². The Hall–Kier alpha value is -0.890. The highest BCUT2D eigenvalue weighted by Crippen LogP contribution is 2.18. The van der Waals surface area contributed by atoms with Crippen molar-refractivity contribution >= 4 is 22.9 Å². The SMILES string of the molecule is NNC(Cc1cncs1)c1csnn1. The van der Waals surface area contributed by atoms with Crippen molar-refractivity contribution in [1.82, 2.24) is 20.0 Å². The molecule has 0 radical (unpaired) electrons. The van der Waals surface area contributed by atoms with E-state index in [0.717, 1.165) is 12.1 Å². The van der Waals surface area contributed by atoms with Crippen LogP contribution >= 0.6 is 22.9 Å². The summed E-state index contributed by atoms with van der Waals surface area (Å²) in [6.07, 6.45) is 2.64. The first-order chi connectivity index (χ1) is 6.90. The minimum absolute atomic E-state index is 0.0224. The Balaban J connectivity index is 2.08. The standard InChI is InChI=1S/C7H9N5S2/c8-10-6(7-3-14-12-11-7)1-5-2-9-4-13-5/h2-4,6,10H,1,8H2. The highest BCUT2D eigenvalue weighted by atomic mass is 32.1. The van der Waals surface area contributed by atoms with Crippen molar-refractivity contribution < 1.29 is 0 Å². The van der Waals surface area contributed by atoms with Gasteiger partial charge < -0.3 is 0 Å². The third kappa shape index (κ3) is 2.13. The Kier molecular flexibility index (Phi) is 3.14. The van der Waals surface area contributed by atoms with Gasteiger partial charge in [0.25, 0.3) is 0 Å². The lowest BCUT2D eigenvalue weighted by atomic mass is 10.1. The van der Waals surface area contributed by atoms with Gasteiger partial charge in [-0.1, -0.05) is 4.49 Å². The number of hydrogen-bond donors (Lipinski definition) is 2. The van der Waals surface area contributed by atoms with Crippen molar-refractivity contribution in [3.05, 3.63) is 27.7 Å². The zero-order chi connectivity index (χ0) is 9.80. The molecule has 0 aliphatic rings. The molecule has 2 aromatic rings. The van der Waals surface area contributed by atoms with Crippen LogP contribution in [0.3, 0.4) is 0 Å². The molecule has 2 aromatic heterocycles. The van der Waals surface area contributed by atoms with Crippen LogP contribution in [0.5, 0.6) is 0 Å². The molecule has 0 saturated heterocycles. The van der Waals surface area contributed by atoms with Crippen LogP contribution in [0.25, 0.3) is 0 Å². The first-order valence-corrected chi connectivity index (χ1v) is 5.72. The van der Waals surface area contributed by atoms with Gasteiger partial charge in [0.15, 0.2) is 0 Å². The third-order valence-electron chi connectivity index (χ3n) is 1.82. The van der Waals surface area contributed by atoms with Crippen LogP contribution in [-0.4, -0.2) is 14.6 Å². The van der Waals surface area contributed by atoms with Gasteiger partial charge in [-0.3, -0.25) is 16.3 Å². The molecule has 0 aliphatic carbocycles. The van der Waals surface area contributed by atoms with Crippen molar-refractivity contribution in [1.29, 1.82) is 0 Å². The maximum atomic E-state index is 5.45. The minimum Gasteiger partial charge on any atom is -0.271 e. The van der Waals surface area contributed by atoms with E-state index < -0.39 is 0 Å². The van der Waals surface area contributed by atoms with Crippen LogP contribution in [-0.2, 0) is 6.42 Å². The molecule has 5 nitrogen and oxygen atoms in total. The van der Waals surface area contributed by atoms with Gasteiger partial charge in [-0.25, -0.2) is 0 Å². The fourth-order valence-corrected chi connectivity index (χ4v) is 2.27. The van der Waals surface area contributed by atoms with Crippen LogP contribution in [0.4, 0.5) is 0 Å². The molecule has 1 unspecified atom stereocenters. The summed E-state index contributed by atoms with van der Waals surface area (Å²) in [5.41, 5.74) is 5.41. The highest BCUT2D eigenvalue weighted by molar-refractivity contribution is 7.09. The Morgan fingerprint density at radius 1 is 1.57 bits per heavy atom. The van der Waals surface area contributed by atoms with E-state index in [9.17, 15) is 0 Å². The molecule has 0 amide bonds. The Bertz CT molecular complexity index is 357. The summed E-state index contributed by atoms with van der Waals surface area (Å²) in [6, 6.07) is 0.0224. The summed E-state index contributed by atoms with van der Waals surface area (Å²) in [6.45, 7) is 0. The van der Waals surface area contributed by atoms with Gasteiger partial charge in [0, 0.05) is 22.9 Å². The third-order valence-corrected chi connectivity index (χ3v) is 3.15. The summed E-state index contributed by atoms with van der Waals surface area (Å²) < 4.78 is 3.80. The van der Waals surface area contributed by atoms with Gasteiger partial charge >= 0.3 is 0 Å². The van der Waals surface area contributed by atoms with Gasteiger partial charge in [0.2, 0.25) is 0 Å². The molecule has 0 aliphatic heterocycles. The lowest BCUT2D eigenvalue weighted by molar-refractivity contribution is 0.540. The van der Waals surface area contributed by atoms with Crippen LogP contribution in [0.2, 0.25) is 0 Å². The van der Waals surface area contributed by atoms with E-state index in [0.29, 0.717) is 0 Å². The number of aromatic nitrogens is 3. The predicted octanol–water partition coefficient (Wildman–Crippen LogP) is 0.742. The first kappa shape index (κ1) is 9.66. The van der Waals surface area contributed by atoms with Crippen LogP contribution in [0.15, 0.2) is 17.1 Å². The molecule has 1 atom stereocenters. The largest absolute Gasteiger partial charge is 0.271 e. The van der Waals surface area contributed by atoms with Gasteiger partial charge in [0.05, 0.1) is 17.2 Å². The summed E-state index contributed by atoms with van der Waals surface area (Å²) in [5, 5.41) is 5.87. The molecule has 0 bridgehead atoms. The lowest BCUT2D eigenvalue weighted by Gasteiger charge is -2.10. The summed E-state index contributed by atoms with van der Waals surface area (Å²) in [5.74, 6) is 5.45. The molecule has 14 heavy (non-hydrogen) atoms. The topological polar surface area (TPSA) is 76.7 Å². The summed E-state index contributed by atoms with van der Waals surface area (Å²) >= 11 is 2.94. The second kappa shape index (κ2) is 4.56. The number of hydrazine groups is 1. The monoisotopic (exact) mass is 227 g/mol. The zero-order valence-electron chi connectivity index (χ0n) is 7.25. The summed E-state index contributed by atoms with van der Waals surface area (Å²) in [4.78, 5) is 5.19. The van der Waals surface area contributed by atoms with E-state index in [4.69, 9.17) is 5.84 Å². The number of nitrogens with one attached hydrogen (secondary N) is 1. The molecule has 7 heteroatoms. The molecule has 0 saturated carbocycles. The second-order valence-corrected chi connectivity index (χ2v) is 4.30. The van der Waals surface area contributed by atoms with E-state index in [1.807, 2.05) is 17.1 Å². The van der Waals surface area contributed by atoms with Crippen LogP contribution in [0.1, 0.15) is 16.6 Å². The zero-order valence-corrected chi connectivity index (χ0v) is 8.88. The number of nitrogens with zero attached hydrogens (tertiary/aromatic N) is 3. The molecule has 2 rings (SSSR count). The van der Waals surface area contributed by atoms with Crippen LogP contribution < -0.4 is 11.3 Å². The van der Waals surface area contributed by atoms with Crippen molar-refractivity contribution in [3.63, 3.8) is 0 Å². The molecule has 3 N–H and O–H groups in total. The van der Waals surface area contributed by atoms with Gasteiger partial charge in [-0.15, -0.1) is 16.4 Å². The number of nitrogens with two attached hydrogens (primary N) is 1. The maximum Gasteiger partial charge on any atom is 0.0941 e. The molecular weight excluding hydrogens is 218 g/mol. The first-order valence-electron chi connectivity index (χ1n) is 4.00. The number of rotatable bonds is 4. The van der Waals surface area contributed by atoms with Crippen LogP contribution in [0, 0.1) is 0 Å². The van der Waals surface area contributed by atoms with Crippen molar-refractivity contribution in [2.24, 2.45) is 5.84 Å². The van der Waals surface area contributed by atoms with Crippen molar-refractivity contribution in [2.45, 2.75) is 12.5 Å². The smallest absolute Gasteiger partial charge is 0.0941 e. The predicted molar refractivity (Wildman–Crippen MR) is 55.8 cm³/mol. The molecular formula is C7H9N5S2. The van der Waals surface area contributed by atoms with Gasteiger partial charge in [0.1, 0.15) is 0 Å². The molecule has 74 valence electrons. The van der Waals surface area contributed by atoms with Crippen molar-refractivity contribution in [2.75, 3.05) is 0 Å². The highest BCUT2D eigenvalue weighted by Gasteiger charge is 2.13. The Morgan fingerprint density at radius 3 is 3.07 bits per heavy atom. The fraction of sp³-hybridized carbons (Fsp3) is 0.286. The van der Waals surface area contributed by atoms with E-state index in [1.165, 1.54) is 16.4 Å². The quantitative estimate of drug-likeness (QED) is 0.595. The van der Waals surface area contributed by atoms with Gasteiger partial charge in [-0.05, 0) is 11.5 Å². The molecule has 0 spiro atoms. The fourth-order valence-electron chi connectivity index (χ4n) is 1.12. The Morgan fingerprint density at radius 2 is 2.50 bits per heavy atom. The number of thiazole rings is 1. The molecule has 0 aromatic carbocycles. The maximum absolute atomic E-state index is 5.45. The summed E-state index contributed by atoms with van der Waals surface area (Å²) in [7, 11) is 0. The Labute approximate surface area is 89.1 Å². The average molecular weight is 227 g/mol. The van der Waals surface area contributed by atoms with E-state index in [2.05, 4.69) is 20.0 Å².